The summed E-state index contributed by atoms with van der Waals surface area (Å²) in [5.74, 6) is -0.205. The molecule has 1 saturated carbocycles. The zero-order valence-corrected chi connectivity index (χ0v) is 12.0. The zero-order chi connectivity index (χ0) is 14.9. The van der Waals surface area contributed by atoms with E-state index in [1.54, 1.807) is 0 Å². The van der Waals surface area contributed by atoms with Gasteiger partial charge >= 0.3 is 5.97 Å². The number of hydrogen-bond acceptors (Lipinski definition) is 4. The second kappa shape index (κ2) is 5.36. The molecule has 0 amide bonds. The Balaban J connectivity index is 1.82. The molecule has 0 aliphatic heterocycles. The molecule has 110 valence electrons. The summed E-state index contributed by atoms with van der Waals surface area (Å²) >= 11 is 0. The number of carbonyl (C=O) groups is 1. The highest BCUT2D eigenvalue weighted by Crippen LogP contribution is 2.41. The highest BCUT2D eigenvalue weighted by atomic mass is 16.4. The Morgan fingerprint density at radius 2 is 2.14 bits per heavy atom. The van der Waals surface area contributed by atoms with E-state index in [4.69, 9.17) is 0 Å². The van der Waals surface area contributed by atoms with Crippen LogP contribution in [-0.4, -0.2) is 22.6 Å². The van der Waals surface area contributed by atoms with Crippen LogP contribution in [0.2, 0.25) is 0 Å². The number of nitriles is 1. The Morgan fingerprint density at radius 3 is 2.76 bits per heavy atom. The van der Waals surface area contributed by atoms with Gasteiger partial charge in [-0.15, -0.1) is 0 Å². The zero-order valence-electron chi connectivity index (χ0n) is 12.0. The SMILES string of the molecule is N#Cc1cc2c(nc1NCC1(C(=O)O)CCC1)CCCC2. The predicted octanol–water partition coefficient (Wildman–Crippen LogP) is 2.50. The monoisotopic (exact) mass is 285 g/mol. The van der Waals surface area contributed by atoms with Crippen molar-refractivity contribution in [1.29, 1.82) is 5.26 Å². The van der Waals surface area contributed by atoms with Crippen LogP contribution in [-0.2, 0) is 17.6 Å². The fourth-order valence-corrected chi connectivity index (χ4v) is 3.18. The Bertz CT molecular complexity index is 615. The topological polar surface area (TPSA) is 86.0 Å². The highest BCUT2D eigenvalue weighted by Gasteiger charge is 2.44. The van der Waals surface area contributed by atoms with Crippen molar-refractivity contribution in [3.8, 4) is 6.07 Å². The van der Waals surface area contributed by atoms with Gasteiger partial charge < -0.3 is 10.4 Å². The summed E-state index contributed by atoms with van der Waals surface area (Å²) in [5, 5.41) is 21.8. The number of nitrogens with one attached hydrogen (secondary N) is 1. The van der Waals surface area contributed by atoms with Gasteiger partial charge in [-0.2, -0.15) is 5.26 Å². The molecule has 0 radical (unpaired) electrons. The van der Waals surface area contributed by atoms with Crippen molar-refractivity contribution in [2.24, 2.45) is 5.41 Å². The normalized spacial score (nSPS) is 19.0. The van der Waals surface area contributed by atoms with Crippen LogP contribution in [0.25, 0.3) is 0 Å². The molecule has 0 atom stereocenters. The molecule has 1 aromatic rings. The Kier molecular flexibility index (Phi) is 3.54. The quantitative estimate of drug-likeness (QED) is 0.887. The number of aryl methyl sites for hydroxylation is 2. The first-order chi connectivity index (χ1) is 10.1. The average Bonchev–Trinajstić information content (AvgIpc) is 2.44. The first kappa shape index (κ1) is 13.9. The van der Waals surface area contributed by atoms with Crippen molar-refractivity contribution in [3.05, 3.63) is 22.9 Å². The molecule has 0 unspecified atom stereocenters. The summed E-state index contributed by atoms with van der Waals surface area (Å²) in [4.78, 5) is 16.0. The summed E-state index contributed by atoms with van der Waals surface area (Å²) < 4.78 is 0. The number of carboxylic acids is 1. The maximum absolute atomic E-state index is 11.4. The molecule has 5 nitrogen and oxygen atoms in total. The van der Waals surface area contributed by atoms with Gasteiger partial charge in [0.15, 0.2) is 0 Å². The number of aliphatic carboxylic acids is 1. The molecule has 2 aliphatic rings. The van der Waals surface area contributed by atoms with Crippen molar-refractivity contribution in [2.45, 2.75) is 44.9 Å². The van der Waals surface area contributed by atoms with E-state index in [9.17, 15) is 15.2 Å². The second-order valence-electron chi connectivity index (χ2n) is 6.10. The molecule has 5 heteroatoms. The van der Waals surface area contributed by atoms with E-state index >= 15 is 0 Å². The molecule has 1 fully saturated rings. The number of fused-ring (bicyclic) bond motifs is 1. The highest BCUT2D eigenvalue weighted by molar-refractivity contribution is 5.76. The lowest BCUT2D eigenvalue weighted by Gasteiger charge is -2.37. The van der Waals surface area contributed by atoms with Crippen molar-refractivity contribution >= 4 is 11.8 Å². The summed E-state index contributed by atoms with van der Waals surface area (Å²) in [6.07, 6.45) is 6.55. The van der Waals surface area contributed by atoms with Gasteiger partial charge in [-0.05, 0) is 50.2 Å². The maximum Gasteiger partial charge on any atom is 0.311 e. The van der Waals surface area contributed by atoms with Crippen LogP contribution < -0.4 is 5.32 Å². The summed E-state index contributed by atoms with van der Waals surface area (Å²) in [7, 11) is 0. The van der Waals surface area contributed by atoms with Crippen molar-refractivity contribution in [3.63, 3.8) is 0 Å². The first-order valence-corrected chi connectivity index (χ1v) is 7.55. The van der Waals surface area contributed by atoms with Gasteiger partial charge in [0, 0.05) is 12.2 Å². The van der Waals surface area contributed by atoms with Crippen molar-refractivity contribution in [2.75, 3.05) is 11.9 Å². The van der Waals surface area contributed by atoms with Gasteiger partial charge in [0.2, 0.25) is 0 Å². The molecule has 0 saturated heterocycles. The Hall–Kier alpha value is -2.09. The summed E-state index contributed by atoms with van der Waals surface area (Å²) in [6.45, 7) is 0.350. The lowest BCUT2D eigenvalue weighted by Crippen LogP contribution is -2.43. The second-order valence-corrected chi connectivity index (χ2v) is 6.10. The van der Waals surface area contributed by atoms with Crippen LogP contribution in [0.3, 0.4) is 0 Å². The van der Waals surface area contributed by atoms with Gasteiger partial charge in [-0.3, -0.25) is 4.79 Å². The number of rotatable bonds is 4. The molecule has 0 spiro atoms. The number of aromatic nitrogens is 1. The van der Waals surface area contributed by atoms with Gasteiger partial charge in [0.1, 0.15) is 11.9 Å². The molecule has 1 heterocycles. The molecule has 0 bridgehead atoms. The fraction of sp³-hybridized carbons (Fsp3) is 0.562. The number of pyridine rings is 1. The molecule has 21 heavy (non-hydrogen) atoms. The van der Waals surface area contributed by atoms with E-state index < -0.39 is 11.4 Å². The third-order valence-electron chi connectivity index (χ3n) is 4.78. The fourth-order valence-electron chi connectivity index (χ4n) is 3.18. The molecule has 0 aromatic carbocycles. The van der Waals surface area contributed by atoms with Crippen molar-refractivity contribution < 1.29 is 9.90 Å². The average molecular weight is 285 g/mol. The number of nitrogens with zero attached hydrogens (tertiary/aromatic N) is 2. The lowest BCUT2D eigenvalue weighted by atomic mass is 9.69. The van der Waals surface area contributed by atoms with E-state index in [-0.39, 0.29) is 0 Å². The number of carboxylic acid groups (broad SMARTS) is 1. The molecule has 3 rings (SSSR count). The van der Waals surface area contributed by atoms with Gasteiger partial charge in [0.05, 0.1) is 11.0 Å². The van der Waals surface area contributed by atoms with Crippen molar-refractivity contribution in [1.82, 2.24) is 4.98 Å². The van der Waals surface area contributed by atoms with E-state index in [0.29, 0.717) is 30.8 Å². The van der Waals surface area contributed by atoms with E-state index in [0.717, 1.165) is 37.8 Å². The minimum Gasteiger partial charge on any atom is -0.481 e. The Morgan fingerprint density at radius 1 is 1.38 bits per heavy atom. The predicted molar refractivity (Wildman–Crippen MR) is 78.0 cm³/mol. The lowest BCUT2D eigenvalue weighted by molar-refractivity contribution is -0.153. The largest absolute Gasteiger partial charge is 0.481 e. The van der Waals surface area contributed by atoms with Crippen LogP contribution in [0.1, 0.15) is 48.9 Å². The van der Waals surface area contributed by atoms with Gasteiger partial charge in [-0.1, -0.05) is 6.42 Å². The first-order valence-electron chi connectivity index (χ1n) is 7.55. The van der Waals surface area contributed by atoms with Crippen LogP contribution in [0.4, 0.5) is 5.82 Å². The minimum atomic E-state index is -0.752. The van der Waals surface area contributed by atoms with Crippen LogP contribution >= 0.6 is 0 Å². The van der Waals surface area contributed by atoms with Crippen LogP contribution in [0.15, 0.2) is 6.07 Å². The van der Waals surface area contributed by atoms with Crippen LogP contribution in [0, 0.1) is 16.7 Å². The number of anilines is 1. The Labute approximate surface area is 124 Å². The third-order valence-corrected chi connectivity index (χ3v) is 4.78. The van der Waals surface area contributed by atoms with Crippen LogP contribution in [0.5, 0.6) is 0 Å². The number of hydrogen-bond donors (Lipinski definition) is 2. The maximum atomic E-state index is 11.4. The van der Waals surface area contributed by atoms with E-state index in [1.165, 1.54) is 5.56 Å². The summed E-state index contributed by atoms with van der Waals surface area (Å²) in [5.41, 5.74) is 2.07. The van der Waals surface area contributed by atoms with E-state index in [1.807, 2.05) is 6.07 Å². The molecular weight excluding hydrogens is 266 g/mol. The molecule has 2 aliphatic carbocycles. The van der Waals surface area contributed by atoms with E-state index in [2.05, 4.69) is 16.4 Å². The van der Waals surface area contributed by atoms with Gasteiger partial charge in [0.25, 0.3) is 0 Å². The molecule has 2 N–H and O–H groups in total. The smallest absolute Gasteiger partial charge is 0.311 e. The van der Waals surface area contributed by atoms with Gasteiger partial charge in [-0.25, -0.2) is 4.98 Å². The summed E-state index contributed by atoms with van der Waals surface area (Å²) in [6, 6.07) is 4.09. The molecule has 1 aromatic heterocycles. The molecular formula is C16H19N3O2. The third kappa shape index (κ3) is 2.46. The minimum absolute atomic E-state index is 0.350. The standard InChI is InChI=1S/C16H19N3O2/c17-9-12-8-11-4-1-2-5-13(11)19-14(12)18-10-16(15(20)21)6-3-7-16/h8H,1-7,10H2,(H,18,19)(H,20,21).